The van der Waals surface area contributed by atoms with Crippen LogP contribution in [0, 0.1) is 16.9 Å². The standard InChI is InChI=1S/C32H26N.C15H28O2.Ir/c1-21(2)31-20-26(19-24-10-6-7-11-27(24)31)32-30-15-13-25-18-23(22-8-4-3-5-9-22)12-14-28(25)29(30)16-17-33-32;1-7-14(5,8-2)12(16)11-13(17)15(6,9-3)10-4;/h3-12,14,16-18,20-21H,13,15H2,1-2H3;11,16H,7-10H2,1-6H3;/q-1;;/b;12-11-;. The van der Waals surface area contributed by atoms with E-state index in [0.29, 0.717) is 5.92 Å². The van der Waals surface area contributed by atoms with E-state index in [1.165, 1.54) is 55.8 Å². The molecule has 1 aromatic heterocycles. The molecule has 0 bridgehead atoms. The summed E-state index contributed by atoms with van der Waals surface area (Å²) in [6.07, 6.45) is 8.75. The first kappa shape index (κ1) is 39.9. The Kier molecular flexibility index (Phi) is 13.4. The molecular formula is C47H54IrNO2-. The van der Waals surface area contributed by atoms with Gasteiger partial charge in [-0.3, -0.25) is 9.78 Å². The first-order valence-electron chi connectivity index (χ1n) is 18.6. The minimum Gasteiger partial charge on any atom is -0.512 e. The van der Waals surface area contributed by atoms with E-state index in [-0.39, 0.29) is 42.5 Å². The van der Waals surface area contributed by atoms with E-state index in [0.717, 1.165) is 49.8 Å². The van der Waals surface area contributed by atoms with Crippen LogP contribution in [0.5, 0.6) is 0 Å². The van der Waals surface area contributed by atoms with Crippen LogP contribution in [0.1, 0.15) is 104 Å². The summed E-state index contributed by atoms with van der Waals surface area (Å²) in [5, 5.41) is 12.6. The number of hydrogen-bond donors (Lipinski definition) is 1. The van der Waals surface area contributed by atoms with Gasteiger partial charge in [-0.05, 0) is 83.9 Å². The summed E-state index contributed by atoms with van der Waals surface area (Å²) in [5.41, 5.74) is 10.9. The van der Waals surface area contributed by atoms with Crippen LogP contribution in [0.3, 0.4) is 0 Å². The van der Waals surface area contributed by atoms with Crippen molar-refractivity contribution in [2.75, 3.05) is 0 Å². The zero-order valence-electron chi connectivity index (χ0n) is 31.7. The number of aliphatic hydroxyl groups is 1. The fourth-order valence-corrected chi connectivity index (χ4v) is 6.91. The number of fused-ring (bicyclic) bond motifs is 4. The van der Waals surface area contributed by atoms with E-state index in [1.807, 2.05) is 47.7 Å². The molecule has 0 spiro atoms. The molecule has 0 unspecified atom stereocenters. The van der Waals surface area contributed by atoms with Crippen molar-refractivity contribution in [3.63, 3.8) is 0 Å². The number of aliphatic hydroxyl groups excluding tert-OH is 1. The first-order valence-corrected chi connectivity index (χ1v) is 18.6. The van der Waals surface area contributed by atoms with Crippen molar-refractivity contribution in [1.82, 2.24) is 4.98 Å². The SMILES string of the molecule is CC(C)c1cc(-c2nccc3c2CCc2cc(-c4ccccc4)ccc2-3)[c-]c2ccccc12.CCC(C)(CC)C(=O)/C=C(\O)C(C)(CC)CC.[Ir]. The van der Waals surface area contributed by atoms with Crippen LogP contribution < -0.4 is 0 Å². The van der Waals surface area contributed by atoms with Gasteiger partial charge in [0.05, 0.1) is 0 Å². The number of nitrogens with zero attached hydrogens (tertiary/aromatic N) is 1. The molecule has 5 aromatic rings. The zero-order chi connectivity index (χ0) is 36.1. The van der Waals surface area contributed by atoms with Crippen molar-refractivity contribution in [2.24, 2.45) is 10.8 Å². The minimum atomic E-state index is -0.337. The number of benzene rings is 4. The third-order valence-corrected chi connectivity index (χ3v) is 11.5. The molecule has 4 heteroatoms. The Morgan fingerprint density at radius 2 is 1.45 bits per heavy atom. The summed E-state index contributed by atoms with van der Waals surface area (Å²) in [6.45, 7) is 16.6. The van der Waals surface area contributed by atoms with Crippen molar-refractivity contribution >= 4 is 16.6 Å². The number of ketones is 1. The summed E-state index contributed by atoms with van der Waals surface area (Å²) in [5.74, 6) is 0.730. The van der Waals surface area contributed by atoms with Gasteiger partial charge in [0, 0.05) is 48.9 Å². The number of pyridine rings is 1. The maximum Gasteiger partial charge on any atom is 0.164 e. The van der Waals surface area contributed by atoms with Gasteiger partial charge < -0.3 is 5.11 Å². The predicted molar refractivity (Wildman–Crippen MR) is 211 cm³/mol. The molecule has 0 saturated heterocycles. The number of carbonyl (C=O) groups is 1. The van der Waals surface area contributed by atoms with Crippen molar-refractivity contribution in [3.8, 4) is 33.5 Å². The van der Waals surface area contributed by atoms with E-state index >= 15 is 0 Å². The molecule has 51 heavy (non-hydrogen) atoms. The largest absolute Gasteiger partial charge is 0.512 e. The van der Waals surface area contributed by atoms with Gasteiger partial charge in [-0.15, -0.1) is 29.1 Å². The number of allylic oxidation sites excluding steroid dienone is 2. The predicted octanol–water partition coefficient (Wildman–Crippen LogP) is 12.9. The first-order chi connectivity index (χ1) is 24.0. The topological polar surface area (TPSA) is 50.2 Å². The maximum absolute atomic E-state index is 12.2. The second-order valence-electron chi connectivity index (χ2n) is 14.7. The third kappa shape index (κ3) is 8.45. The Hall–Kier alpha value is -3.85. The summed E-state index contributed by atoms with van der Waals surface area (Å²) in [4.78, 5) is 17.1. The summed E-state index contributed by atoms with van der Waals surface area (Å²) in [6, 6.07) is 34.3. The van der Waals surface area contributed by atoms with Crippen LogP contribution in [0.4, 0.5) is 0 Å². The van der Waals surface area contributed by atoms with Crippen LogP contribution in [-0.2, 0) is 37.7 Å². The second kappa shape index (κ2) is 17.1. The number of aryl methyl sites for hydroxylation is 1. The smallest absolute Gasteiger partial charge is 0.164 e. The molecule has 0 fully saturated rings. The van der Waals surface area contributed by atoms with Gasteiger partial charge in [0.1, 0.15) is 5.76 Å². The molecule has 269 valence electrons. The normalized spacial score (nSPS) is 12.8. The van der Waals surface area contributed by atoms with Crippen molar-refractivity contribution in [2.45, 2.75) is 99.8 Å². The fourth-order valence-electron chi connectivity index (χ4n) is 6.91. The van der Waals surface area contributed by atoms with Crippen LogP contribution in [-0.4, -0.2) is 15.9 Å². The molecule has 0 amide bonds. The average molecular weight is 857 g/mol. The molecule has 6 rings (SSSR count). The number of rotatable bonds is 10. The minimum absolute atomic E-state index is 0. The number of carbonyl (C=O) groups excluding carboxylic acids is 1. The molecule has 3 nitrogen and oxygen atoms in total. The van der Waals surface area contributed by atoms with E-state index in [9.17, 15) is 9.90 Å². The Morgan fingerprint density at radius 1 is 0.804 bits per heavy atom. The van der Waals surface area contributed by atoms with Crippen LogP contribution in [0.15, 0.2) is 103 Å². The second-order valence-corrected chi connectivity index (χ2v) is 14.7. The third-order valence-electron chi connectivity index (χ3n) is 11.5. The van der Waals surface area contributed by atoms with Crippen LogP contribution in [0.2, 0.25) is 0 Å². The van der Waals surface area contributed by atoms with Gasteiger partial charge >= 0.3 is 0 Å². The molecular weight excluding hydrogens is 803 g/mol. The molecule has 1 radical (unpaired) electrons. The van der Waals surface area contributed by atoms with Gasteiger partial charge in [0.15, 0.2) is 5.78 Å². The number of aromatic nitrogens is 1. The molecule has 0 aliphatic heterocycles. The van der Waals surface area contributed by atoms with Crippen LogP contribution in [0.25, 0.3) is 44.3 Å². The van der Waals surface area contributed by atoms with Crippen molar-refractivity contribution < 1.29 is 30.0 Å². The van der Waals surface area contributed by atoms with Gasteiger partial charge in [0.25, 0.3) is 0 Å². The van der Waals surface area contributed by atoms with Gasteiger partial charge in [-0.2, -0.15) is 0 Å². The van der Waals surface area contributed by atoms with Crippen LogP contribution >= 0.6 is 0 Å². The molecule has 4 aromatic carbocycles. The quantitative estimate of drug-likeness (QED) is 0.0865. The number of hydrogen-bond acceptors (Lipinski definition) is 3. The Morgan fingerprint density at radius 3 is 2.10 bits per heavy atom. The van der Waals surface area contributed by atoms with E-state index in [2.05, 4.69) is 105 Å². The molecule has 1 N–H and O–H groups in total. The fraction of sp³-hybridized carbons (Fsp3) is 0.362. The Bertz CT molecular complexity index is 1980. The summed E-state index contributed by atoms with van der Waals surface area (Å²) >= 11 is 0. The Labute approximate surface area is 320 Å². The van der Waals surface area contributed by atoms with Gasteiger partial charge in [-0.25, -0.2) is 0 Å². The van der Waals surface area contributed by atoms with E-state index < -0.39 is 0 Å². The van der Waals surface area contributed by atoms with Crippen molar-refractivity contribution in [3.05, 3.63) is 126 Å². The average Bonchev–Trinajstić information content (AvgIpc) is 3.16. The van der Waals surface area contributed by atoms with E-state index in [4.69, 9.17) is 4.98 Å². The Balaban J connectivity index is 0.000000279. The monoisotopic (exact) mass is 857 g/mol. The molecule has 1 heterocycles. The summed E-state index contributed by atoms with van der Waals surface area (Å²) < 4.78 is 0. The summed E-state index contributed by atoms with van der Waals surface area (Å²) in [7, 11) is 0. The van der Waals surface area contributed by atoms with Crippen molar-refractivity contribution in [1.29, 1.82) is 0 Å². The molecule has 0 atom stereocenters. The van der Waals surface area contributed by atoms with E-state index in [1.54, 1.807) is 0 Å². The van der Waals surface area contributed by atoms with Gasteiger partial charge in [-0.1, -0.05) is 133 Å². The zero-order valence-corrected chi connectivity index (χ0v) is 34.1. The molecule has 0 saturated carbocycles. The molecule has 1 aliphatic carbocycles. The maximum atomic E-state index is 12.2. The van der Waals surface area contributed by atoms with Gasteiger partial charge in [0.2, 0.25) is 0 Å². The molecule has 1 aliphatic rings.